The van der Waals surface area contributed by atoms with E-state index >= 15 is 0 Å². The van der Waals surface area contributed by atoms with E-state index in [0.29, 0.717) is 35.7 Å². The first-order chi connectivity index (χ1) is 11.5. The van der Waals surface area contributed by atoms with Gasteiger partial charge in [0, 0.05) is 10.6 Å². The first-order valence-electron chi connectivity index (χ1n) is 7.58. The molecule has 0 bridgehead atoms. The van der Waals surface area contributed by atoms with Gasteiger partial charge in [-0.1, -0.05) is 23.7 Å². The molecule has 3 rings (SSSR count). The molecule has 2 aromatic rings. The minimum Gasteiger partial charge on any atom is -0.207 e. The Morgan fingerprint density at radius 3 is 2.54 bits per heavy atom. The summed E-state index contributed by atoms with van der Waals surface area (Å²) in [6.45, 7) is 0.295. The Balaban J connectivity index is 1.99. The van der Waals surface area contributed by atoms with Crippen LogP contribution in [0.1, 0.15) is 24.8 Å². The molecule has 0 spiro atoms. The van der Waals surface area contributed by atoms with Gasteiger partial charge in [0.05, 0.1) is 17.2 Å². The SMILES string of the molecule is O=S(=O)(c1ccc(Cl)cc1)N1CCCCC(c2cccc(F)c2)=N1. The zero-order valence-corrected chi connectivity index (χ0v) is 14.4. The summed E-state index contributed by atoms with van der Waals surface area (Å²) in [4.78, 5) is 0.135. The second-order valence-corrected chi connectivity index (χ2v) is 7.80. The fourth-order valence-electron chi connectivity index (χ4n) is 2.55. The first-order valence-corrected chi connectivity index (χ1v) is 9.40. The van der Waals surface area contributed by atoms with Crippen molar-refractivity contribution in [2.24, 2.45) is 5.10 Å². The summed E-state index contributed by atoms with van der Waals surface area (Å²) >= 11 is 5.82. The lowest BCUT2D eigenvalue weighted by Crippen LogP contribution is -2.27. The monoisotopic (exact) mass is 366 g/mol. The summed E-state index contributed by atoms with van der Waals surface area (Å²) in [5.74, 6) is -0.369. The van der Waals surface area contributed by atoms with E-state index in [1.807, 2.05) is 0 Å². The average Bonchev–Trinajstić information content (AvgIpc) is 2.82. The van der Waals surface area contributed by atoms with E-state index in [-0.39, 0.29) is 10.7 Å². The predicted octanol–water partition coefficient (Wildman–Crippen LogP) is 4.06. The molecule has 0 amide bonds. The Bertz CT molecular complexity index is 866. The minimum absolute atomic E-state index is 0.135. The molecule has 1 aliphatic heterocycles. The van der Waals surface area contributed by atoms with Gasteiger partial charge < -0.3 is 0 Å². The van der Waals surface area contributed by atoms with Gasteiger partial charge in [0.2, 0.25) is 0 Å². The van der Waals surface area contributed by atoms with Crippen LogP contribution in [-0.4, -0.2) is 25.1 Å². The topological polar surface area (TPSA) is 49.7 Å². The molecule has 7 heteroatoms. The van der Waals surface area contributed by atoms with Crippen LogP contribution in [0.25, 0.3) is 0 Å². The summed E-state index contributed by atoms with van der Waals surface area (Å²) in [5.41, 5.74) is 1.18. The van der Waals surface area contributed by atoms with Crippen LogP contribution in [0.3, 0.4) is 0 Å². The number of hydrogen-bond acceptors (Lipinski definition) is 3. The maximum absolute atomic E-state index is 13.5. The zero-order chi connectivity index (χ0) is 17.2. The van der Waals surface area contributed by atoms with Crippen LogP contribution in [0.2, 0.25) is 5.02 Å². The molecule has 1 aliphatic rings. The molecular formula is C17H16ClFN2O2S. The van der Waals surface area contributed by atoms with Crippen molar-refractivity contribution in [2.75, 3.05) is 6.54 Å². The van der Waals surface area contributed by atoms with E-state index < -0.39 is 10.0 Å². The van der Waals surface area contributed by atoms with Crippen LogP contribution < -0.4 is 0 Å². The van der Waals surface area contributed by atoms with Crippen molar-refractivity contribution in [3.63, 3.8) is 0 Å². The van der Waals surface area contributed by atoms with Crippen molar-refractivity contribution in [3.8, 4) is 0 Å². The van der Waals surface area contributed by atoms with Crippen LogP contribution in [-0.2, 0) is 10.0 Å². The predicted molar refractivity (Wildman–Crippen MR) is 92.1 cm³/mol. The standard InChI is InChI=1S/C17H16ClFN2O2S/c18-14-7-9-16(10-8-14)24(22,23)21-11-2-1-6-17(20-21)13-4-3-5-15(19)12-13/h3-5,7-10,12H,1-2,6,11H2. The number of halogens is 2. The largest absolute Gasteiger partial charge is 0.279 e. The molecule has 0 unspecified atom stereocenters. The second-order valence-electron chi connectivity index (χ2n) is 5.52. The minimum atomic E-state index is -3.76. The Morgan fingerprint density at radius 2 is 1.83 bits per heavy atom. The van der Waals surface area contributed by atoms with Gasteiger partial charge in [0.15, 0.2) is 0 Å². The van der Waals surface area contributed by atoms with Gasteiger partial charge in [-0.25, -0.2) is 4.39 Å². The second kappa shape index (κ2) is 6.91. The molecule has 2 aromatic carbocycles. The van der Waals surface area contributed by atoms with E-state index in [0.717, 1.165) is 10.8 Å². The summed E-state index contributed by atoms with van der Waals surface area (Å²) in [6.07, 6.45) is 2.09. The molecular weight excluding hydrogens is 351 g/mol. The Morgan fingerprint density at radius 1 is 1.08 bits per heavy atom. The average molecular weight is 367 g/mol. The van der Waals surface area contributed by atoms with Crippen LogP contribution in [0, 0.1) is 5.82 Å². The molecule has 0 saturated heterocycles. The Labute approximate surface area is 145 Å². The smallest absolute Gasteiger partial charge is 0.207 e. The molecule has 1 heterocycles. The summed E-state index contributed by atoms with van der Waals surface area (Å²) < 4.78 is 40.2. The molecule has 24 heavy (non-hydrogen) atoms. The maximum atomic E-state index is 13.5. The van der Waals surface area contributed by atoms with Gasteiger partial charge in [-0.3, -0.25) is 0 Å². The molecule has 0 N–H and O–H groups in total. The Hall–Kier alpha value is -1.92. The number of benzene rings is 2. The molecule has 0 aliphatic carbocycles. The van der Waals surface area contributed by atoms with Gasteiger partial charge >= 0.3 is 0 Å². The highest BCUT2D eigenvalue weighted by Crippen LogP contribution is 2.23. The lowest BCUT2D eigenvalue weighted by molar-refractivity contribution is 0.428. The molecule has 0 radical (unpaired) electrons. The number of rotatable bonds is 3. The van der Waals surface area contributed by atoms with Crippen molar-refractivity contribution in [1.29, 1.82) is 0 Å². The number of sulfonamides is 1. The van der Waals surface area contributed by atoms with Crippen molar-refractivity contribution < 1.29 is 12.8 Å². The lowest BCUT2D eigenvalue weighted by atomic mass is 10.1. The molecule has 126 valence electrons. The zero-order valence-electron chi connectivity index (χ0n) is 12.8. The van der Waals surface area contributed by atoms with Gasteiger partial charge in [0.1, 0.15) is 5.82 Å². The normalized spacial score (nSPS) is 15.8. The maximum Gasteiger partial charge on any atom is 0.279 e. The fraction of sp³-hybridized carbons (Fsp3) is 0.235. The van der Waals surface area contributed by atoms with E-state index in [9.17, 15) is 12.8 Å². The van der Waals surface area contributed by atoms with E-state index in [1.165, 1.54) is 36.4 Å². The van der Waals surface area contributed by atoms with Gasteiger partial charge in [-0.15, -0.1) is 0 Å². The van der Waals surface area contributed by atoms with E-state index in [4.69, 9.17) is 11.6 Å². The third-order valence-corrected chi connectivity index (χ3v) is 5.73. The summed E-state index contributed by atoms with van der Waals surface area (Å²) in [7, 11) is -3.76. The van der Waals surface area contributed by atoms with E-state index in [2.05, 4.69) is 5.10 Å². The number of hydrogen-bond donors (Lipinski definition) is 0. The molecule has 4 nitrogen and oxygen atoms in total. The lowest BCUT2D eigenvalue weighted by Gasteiger charge is -2.18. The van der Waals surface area contributed by atoms with Crippen LogP contribution in [0.15, 0.2) is 58.5 Å². The summed E-state index contributed by atoms with van der Waals surface area (Å²) in [6, 6.07) is 12.0. The molecule has 0 atom stereocenters. The van der Waals surface area contributed by atoms with Gasteiger partial charge in [0.25, 0.3) is 10.0 Å². The third-order valence-electron chi connectivity index (χ3n) is 3.79. The van der Waals surface area contributed by atoms with Gasteiger partial charge in [-0.05, 0) is 55.7 Å². The number of nitrogens with zero attached hydrogens (tertiary/aromatic N) is 2. The van der Waals surface area contributed by atoms with Crippen LogP contribution in [0.4, 0.5) is 4.39 Å². The Kier molecular flexibility index (Phi) is 4.87. The van der Waals surface area contributed by atoms with Crippen molar-refractivity contribution in [3.05, 3.63) is 64.9 Å². The van der Waals surface area contributed by atoms with Crippen LogP contribution >= 0.6 is 11.6 Å². The highest BCUT2D eigenvalue weighted by atomic mass is 35.5. The summed E-state index contributed by atoms with van der Waals surface area (Å²) in [5, 5.41) is 4.79. The fourth-order valence-corrected chi connectivity index (χ4v) is 3.97. The highest BCUT2D eigenvalue weighted by molar-refractivity contribution is 7.89. The number of hydrazone groups is 1. The highest BCUT2D eigenvalue weighted by Gasteiger charge is 2.25. The third kappa shape index (κ3) is 3.60. The molecule has 0 saturated carbocycles. The van der Waals surface area contributed by atoms with Crippen molar-refractivity contribution in [2.45, 2.75) is 24.2 Å². The molecule has 0 fully saturated rings. The van der Waals surface area contributed by atoms with Crippen LogP contribution in [0.5, 0.6) is 0 Å². The quantitative estimate of drug-likeness (QED) is 0.822. The van der Waals surface area contributed by atoms with Crippen molar-refractivity contribution >= 4 is 27.3 Å². The van der Waals surface area contributed by atoms with E-state index in [1.54, 1.807) is 12.1 Å². The first kappa shape index (κ1) is 16.9. The molecule has 0 aromatic heterocycles. The van der Waals surface area contributed by atoms with Gasteiger partial charge in [-0.2, -0.15) is 17.9 Å². The van der Waals surface area contributed by atoms with Crippen molar-refractivity contribution in [1.82, 2.24) is 4.41 Å².